The molecule has 1 aromatic heterocycles. The predicted molar refractivity (Wildman–Crippen MR) is 133 cm³/mol. The zero-order chi connectivity index (χ0) is 22.8. The molecule has 3 aromatic rings. The Morgan fingerprint density at radius 3 is 2.41 bits per heavy atom. The quantitative estimate of drug-likeness (QED) is 0.506. The van der Waals surface area contributed by atoms with Crippen molar-refractivity contribution in [3.05, 3.63) is 59.4 Å². The summed E-state index contributed by atoms with van der Waals surface area (Å²) in [6.07, 6.45) is 0. The van der Waals surface area contributed by atoms with Crippen molar-refractivity contribution in [2.75, 3.05) is 58.5 Å². The van der Waals surface area contributed by atoms with Crippen LogP contribution in [0.25, 0.3) is 0 Å². The summed E-state index contributed by atoms with van der Waals surface area (Å²) in [5.41, 5.74) is 3.45. The third-order valence-electron chi connectivity index (χ3n) is 6.52. The molecule has 1 fully saturated rings. The van der Waals surface area contributed by atoms with E-state index in [1.165, 1.54) is 11.3 Å². The van der Waals surface area contributed by atoms with Gasteiger partial charge in [0.2, 0.25) is 6.79 Å². The fourth-order valence-corrected chi connectivity index (χ4v) is 4.55. The largest absolute Gasteiger partial charge is 0.454 e. The Morgan fingerprint density at radius 2 is 1.71 bits per heavy atom. The predicted octanol–water partition coefficient (Wildman–Crippen LogP) is 2.66. The van der Waals surface area contributed by atoms with Crippen LogP contribution in [-0.4, -0.2) is 83.6 Å². The van der Waals surface area contributed by atoms with E-state index in [2.05, 4.69) is 75.5 Å². The van der Waals surface area contributed by atoms with Crippen molar-refractivity contribution >= 4 is 18.1 Å². The maximum Gasteiger partial charge on any atom is 0.231 e. The lowest BCUT2D eigenvalue weighted by atomic mass is 10.0. The summed E-state index contributed by atoms with van der Waals surface area (Å²) in [6, 6.07) is 14.7. The first kappa shape index (κ1) is 24.3. The number of fused-ring (bicyclic) bond motifs is 1. The van der Waals surface area contributed by atoms with Crippen LogP contribution in [0.1, 0.15) is 29.9 Å². The Labute approximate surface area is 206 Å². The molecule has 9 nitrogen and oxygen atoms in total. The van der Waals surface area contributed by atoms with Crippen LogP contribution in [0.3, 0.4) is 0 Å². The Hall–Kier alpha value is -2.88. The second kappa shape index (κ2) is 10.6. The number of anilines is 1. The zero-order valence-electron chi connectivity index (χ0n) is 19.9. The molecule has 34 heavy (non-hydrogen) atoms. The van der Waals surface area contributed by atoms with Gasteiger partial charge in [-0.15, -0.1) is 17.5 Å². The summed E-state index contributed by atoms with van der Waals surface area (Å²) < 4.78 is 12.9. The highest BCUT2D eigenvalue weighted by Gasteiger charge is 2.30. The Morgan fingerprint density at radius 1 is 0.971 bits per heavy atom. The second-order valence-electron chi connectivity index (χ2n) is 8.74. The van der Waals surface area contributed by atoms with Gasteiger partial charge in [0.25, 0.3) is 0 Å². The number of hydrogen-bond donors (Lipinski definition) is 0. The van der Waals surface area contributed by atoms with Crippen molar-refractivity contribution in [1.82, 2.24) is 30.0 Å². The van der Waals surface area contributed by atoms with Gasteiger partial charge in [0.05, 0.1) is 12.6 Å². The van der Waals surface area contributed by atoms with E-state index in [1.807, 2.05) is 22.9 Å². The van der Waals surface area contributed by atoms with Crippen LogP contribution in [0.4, 0.5) is 5.69 Å². The molecule has 0 bridgehead atoms. The van der Waals surface area contributed by atoms with Gasteiger partial charge in [-0.3, -0.25) is 4.90 Å². The Balaban J connectivity index is 0.00000274. The van der Waals surface area contributed by atoms with Crippen molar-refractivity contribution in [2.45, 2.75) is 19.5 Å². The third kappa shape index (κ3) is 4.96. The topological polar surface area (TPSA) is 71.8 Å². The molecule has 0 N–H and O–H groups in total. The van der Waals surface area contributed by atoms with Gasteiger partial charge in [-0.1, -0.05) is 25.1 Å². The highest BCUT2D eigenvalue weighted by atomic mass is 35.5. The highest BCUT2D eigenvalue weighted by Crippen LogP contribution is 2.33. The number of hydrogen-bond acceptors (Lipinski definition) is 8. The molecule has 182 valence electrons. The summed E-state index contributed by atoms with van der Waals surface area (Å²) in [5, 5.41) is 12.9. The van der Waals surface area contributed by atoms with Gasteiger partial charge in [0.1, 0.15) is 0 Å². The lowest BCUT2D eigenvalue weighted by Gasteiger charge is -2.38. The SMILES string of the molecule is CCN1CCN(C(c2ccc(N(C)C)cc2)c2nnnn2Cc2ccc3c(c2)OCO3)CC1.Cl. The van der Waals surface area contributed by atoms with Gasteiger partial charge in [-0.2, -0.15) is 0 Å². The molecule has 5 rings (SSSR count). The monoisotopic (exact) mass is 485 g/mol. The molecule has 0 spiro atoms. The van der Waals surface area contributed by atoms with E-state index < -0.39 is 0 Å². The number of ether oxygens (including phenoxy) is 2. The van der Waals surface area contributed by atoms with Gasteiger partial charge in [-0.05, 0) is 52.4 Å². The van der Waals surface area contributed by atoms with Crippen LogP contribution < -0.4 is 14.4 Å². The highest BCUT2D eigenvalue weighted by molar-refractivity contribution is 5.85. The first-order valence-corrected chi connectivity index (χ1v) is 11.5. The molecule has 2 aromatic carbocycles. The number of benzene rings is 2. The van der Waals surface area contributed by atoms with Crippen molar-refractivity contribution < 1.29 is 9.47 Å². The van der Waals surface area contributed by atoms with Gasteiger partial charge in [0.15, 0.2) is 17.3 Å². The Bertz CT molecular complexity index is 1080. The fourth-order valence-electron chi connectivity index (χ4n) is 4.55. The average molecular weight is 486 g/mol. The fraction of sp³-hybridized carbons (Fsp3) is 0.458. The van der Waals surface area contributed by atoms with Crippen LogP contribution in [0.2, 0.25) is 0 Å². The third-order valence-corrected chi connectivity index (χ3v) is 6.52. The van der Waals surface area contributed by atoms with Crippen molar-refractivity contribution in [3.63, 3.8) is 0 Å². The number of tetrazole rings is 1. The van der Waals surface area contributed by atoms with E-state index in [0.717, 1.165) is 55.6 Å². The molecule has 0 aliphatic carbocycles. The summed E-state index contributed by atoms with van der Waals surface area (Å²) in [7, 11) is 4.12. The Kier molecular flexibility index (Phi) is 7.55. The van der Waals surface area contributed by atoms with E-state index in [4.69, 9.17) is 9.47 Å². The maximum absolute atomic E-state index is 5.55. The van der Waals surface area contributed by atoms with Crippen molar-refractivity contribution in [3.8, 4) is 11.5 Å². The first-order valence-electron chi connectivity index (χ1n) is 11.5. The standard InChI is InChI=1S/C24H31N7O2.ClH/c1-4-29-11-13-30(14-12-29)23(19-6-8-20(9-7-19)28(2)3)24-25-26-27-31(24)16-18-5-10-21-22(15-18)33-17-32-21;/h5-10,15,23H,4,11-14,16-17H2,1-3H3;1H. The lowest BCUT2D eigenvalue weighted by molar-refractivity contribution is 0.108. The smallest absolute Gasteiger partial charge is 0.231 e. The molecule has 0 radical (unpaired) electrons. The molecule has 0 saturated carbocycles. The summed E-state index contributed by atoms with van der Waals surface area (Å²) in [4.78, 5) is 7.10. The average Bonchev–Trinajstić information content (AvgIpc) is 3.49. The van der Waals surface area contributed by atoms with Crippen LogP contribution in [0.5, 0.6) is 11.5 Å². The number of aromatic nitrogens is 4. The number of halogens is 1. The second-order valence-corrected chi connectivity index (χ2v) is 8.74. The number of nitrogens with zero attached hydrogens (tertiary/aromatic N) is 7. The number of likely N-dealkylation sites (N-methyl/N-ethyl adjacent to an activating group) is 1. The summed E-state index contributed by atoms with van der Waals surface area (Å²) in [5.74, 6) is 2.41. The first-order chi connectivity index (χ1) is 16.1. The van der Waals surface area contributed by atoms with Crippen molar-refractivity contribution in [2.24, 2.45) is 0 Å². The van der Waals surface area contributed by atoms with Gasteiger partial charge < -0.3 is 19.3 Å². The van der Waals surface area contributed by atoms with E-state index in [-0.39, 0.29) is 25.2 Å². The van der Waals surface area contributed by atoms with E-state index >= 15 is 0 Å². The summed E-state index contributed by atoms with van der Waals surface area (Å²) in [6.45, 7) is 8.19. The van der Waals surface area contributed by atoms with Gasteiger partial charge in [0, 0.05) is 46.0 Å². The summed E-state index contributed by atoms with van der Waals surface area (Å²) >= 11 is 0. The molecule has 2 aliphatic heterocycles. The molecule has 2 aliphatic rings. The minimum atomic E-state index is -0.00997. The molecular formula is C24H32ClN7O2. The lowest BCUT2D eigenvalue weighted by Crippen LogP contribution is -2.48. The van der Waals surface area contributed by atoms with Crippen LogP contribution in [0.15, 0.2) is 42.5 Å². The van der Waals surface area contributed by atoms with Crippen LogP contribution >= 0.6 is 12.4 Å². The van der Waals surface area contributed by atoms with E-state index in [1.54, 1.807) is 0 Å². The minimum Gasteiger partial charge on any atom is -0.454 e. The molecule has 10 heteroatoms. The zero-order valence-corrected chi connectivity index (χ0v) is 20.7. The molecule has 3 heterocycles. The minimum absolute atomic E-state index is 0. The molecule has 1 atom stereocenters. The van der Waals surface area contributed by atoms with Gasteiger partial charge in [-0.25, -0.2) is 4.68 Å². The molecule has 1 saturated heterocycles. The normalized spacial score (nSPS) is 16.8. The van der Waals surface area contributed by atoms with Crippen LogP contribution in [0, 0.1) is 0 Å². The molecule has 0 amide bonds. The van der Waals surface area contributed by atoms with E-state index in [0.29, 0.717) is 6.54 Å². The van der Waals surface area contributed by atoms with Crippen LogP contribution in [-0.2, 0) is 6.54 Å². The molecule has 1 unspecified atom stereocenters. The maximum atomic E-state index is 5.55. The van der Waals surface area contributed by atoms with E-state index in [9.17, 15) is 0 Å². The molecular weight excluding hydrogens is 454 g/mol. The van der Waals surface area contributed by atoms with Crippen molar-refractivity contribution in [1.29, 1.82) is 0 Å². The number of rotatable bonds is 7. The van der Waals surface area contributed by atoms with Gasteiger partial charge >= 0.3 is 0 Å². The number of piperazine rings is 1.